The Kier molecular flexibility index (Phi) is 7.02. The number of ether oxygens (including phenoxy) is 2. The van der Waals surface area contributed by atoms with Crippen molar-refractivity contribution in [3.05, 3.63) is 53.6 Å². The fraction of sp³-hybridized carbons (Fsp3) is 0.391. The van der Waals surface area contributed by atoms with Crippen LogP contribution >= 0.6 is 0 Å². The second kappa shape index (κ2) is 9.88. The minimum absolute atomic E-state index is 0.0597. The second-order valence-corrected chi connectivity index (χ2v) is 6.97. The van der Waals surface area contributed by atoms with E-state index in [4.69, 9.17) is 9.47 Å². The number of nitrogens with zero attached hydrogens (tertiary/aromatic N) is 2. The highest BCUT2D eigenvalue weighted by Gasteiger charge is 2.39. The Bertz CT molecular complexity index is 908. The maximum atomic E-state index is 11.4. The molecule has 2 atom stereocenters. The van der Waals surface area contributed by atoms with Gasteiger partial charge in [-0.25, -0.2) is 4.79 Å². The number of methoxy groups -OCH3 is 1. The number of amides is 2. The van der Waals surface area contributed by atoms with E-state index in [1.54, 1.807) is 7.11 Å². The van der Waals surface area contributed by atoms with Crippen LogP contribution in [0.25, 0.3) is 0 Å². The van der Waals surface area contributed by atoms with Gasteiger partial charge in [0.15, 0.2) is 0 Å². The van der Waals surface area contributed by atoms with Gasteiger partial charge in [0.25, 0.3) is 0 Å². The van der Waals surface area contributed by atoms with Crippen LogP contribution in [0, 0.1) is 11.3 Å². The van der Waals surface area contributed by atoms with Crippen molar-refractivity contribution in [2.24, 2.45) is 0 Å². The zero-order valence-electron chi connectivity index (χ0n) is 17.6. The molecule has 2 amide bonds. The number of fused-ring (bicyclic) bond motifs is 1. The van der Waals surface area contributed by atoms with Gasteiger partial charge >= 0.3 is 6.03 Å². The van der Waals surface area contributed by atoms with E-state index in [9.17, 15) is 10.1 Å². The smallest absolute Gasteiger partial charge is 0.314 e. The van der Waals surface area contributed by atoms with Crippen LogP contribution in [0.5, 0.6) is 11.5 Å². The molecule has 158 valence electrons. The van der Waals surface area contributed by atoms with Crippen LogP contribution in [0.15, 0.2) is 42.5 Å². The molecule has 7 heteroatoms. The molecule has 0 bridgehead atoms. The van der Waals surface area contributed by atoms with E-state index in [1.807, 2.05) is 49.4 Å². The Labute approximate surface area is 177 Å². The molecule has 0 saturated carbocycles. The van der Waals surface area contributed by atoms with Crippen molar-refractivity contribution < 1.29 is 14.3 Å². The highest BCUT2D eigenvalue weighted by molar-refractivity contribution is 5.73. The van der Waals surface area contributed by atoms with Crippen molar-refractivity contribution in [2.75, 3.05) is 38.3 Å². The SMILES string of the molecule is CCNC(=O)NCCOc1ccc(C2C(C#N)c3ccc(OC)cc3N2CC)cc1. The number of carbonyl (C=O) groups excluding carboxylic acids is 1. The third-order valence-electron chi connectivity index (χ3n) is 5.23. The van der Waals surface area contributed by atoms with Gasteiger partial charge in [0.05, 0.1) is 31.7 Å². The fourth-order valence-corrected chi connectivity index (χ4v) is 3.86. The number of rotatable bonds is 8. The zero-order valence-corrected chi connectivity index (χ0v) is 17.6. The van der Waals surface area contributed by atoms with E-state index in [1.165, 1.54) is 0 Å². The molecule has 0 fully saturated rings. The summed E-state index contributed by atoms with van der Waals surface area (Å²) in [7, 11) is 1.65. The lowest BCUT2D eigenvalue weighted by Crippen LogP contribution is -2.37. The van der Waals surface area contributed by atoms with E-state index in [0.29, 0.717) is 19.7 Å². The van der Waals surface area contributed by atoms with E-state index in [0.717, 1.165) is 34.9 Å². The fourth-order valence-electron chi connectivity index (χ4n) is 3.86. The number of nitriles is 1. The van der Waals surface area contributed by atoms with Gasteiger partial charge in [0.2, 0.25) is 0 Å². The average Bonchev–Trinajstić information content (AvgIpc) is 3.09. The summed E-state index contributed by atoms with van der Waals surface area (Å²) in [6, 6.07) is 16.0. The topological polar surface area (TPSA) is 86.6 Å². The quantitative estimate of drug-likeness (QED) is 0.652. The van der Waals surface area contributed by atoms with Crippen molar-refractivity contribution in [3.8, 4) is 17.6 Å². The first-order valence-electron chi connectivity index (χ1n) is 10.2. The molecule has 0 saturated heterocycles. The first-order chi connectivity index (χ1) is 14.6. The molecule has 1 aliphatic rings. The van der Waals surface area contributed by atoms with Gasteiger partial charge in [-0.3, -0.25) is 0 Å². The highest BCUT2D eigenvalue weighted by atomic mass is 16.5. The Hall–Kier alpha value is -3.40. The second-order valence-electron chi connectivity index (χ2n) is 6.97. The third kappa shape index (κ3) is 4.43. The van der Waals surface area contributed by atoms with Crippen molar-refractivity contribution in [2.45, 2.75) is 25.8 Å². The Morgan fingerprint density at radius 3 is 2.50 bits per heavy atom. The van der Waals surface area contributed by atoms with Gasteiger partial charge in [-0.1, -0.05) is 18.2 Å². The van der Waals surface area contributed by atoms with E-state index >= 15 is 0 Å². The highest BCUT2D eigenvalue weighted by Crippen LogP contribution is 2.49. The van der Waals surface area contributed by atoms with Gasteiger partial charge in [-0.05, 0) is 43.2 Å². The molecule has 1 heterocycles. The number of likely N-dealkylation sites (N-methyl/N-ethyl adjacent to an activating group) is 1. The number of hydrogen-bond donors (Lipinski definition) is 2. The molecule has 0 aromatic heterocycles. The maximum Gasteiger partial charge on any atom is 0.314 e. The number of anilines is 1. The lowest BCUT2D eigenvalue weighted by atomic mass is 9.91. The minimum Gasteiger partial charge on any atom is -0.497 e. The number of urea groups is 1. The van der Waals surface area contributed by atoms with E-state index in [-0.39, 0.29) is 18.0 Å². The Morgan fingerprint density at radius 2 is 1.87 bits per heavy atom. The van der Waals surface area contributed by atoms with Crippen molar-refractivity contribution in [3.63, 3.8) is 0 Å². The van der Waals surface area contributed by atoms with Gasteiger partial charge in [0.1, 0.15) is 18.1 Å². The molecule has 0 aliphatic carbocycles. The summed E-state index contributed by atoms with van der Waals surface area (Å²) in [5, 5.41) is 15.3. The Balaban J connectivity index is 1.70. The van der Waals surface area contributed by atoms with Crippen LogP contribution in [0.4, 0.5) is 10.5 Å². The molecular weight excluding hydrogens is 380 g/mol. The summed E-state index contributed by atoms with van der Waals surface area (Å²) in [6.07, 6.45) is 0. The first kappa shape index (κ1) is 21.3. The number of nitrogens with one attached hydrogen (secondary N) is 2. The van der Waals surface area contributed by atoms with Gasteiger partial charge in [-0.15, -0.1) is 0 Å². The number of benzene rings is 2. The van der Waals surface area contributed by atoms with Gasteiger partial charge < -0.3 is 25.0 Å². The van der Waals surface area contributed by atoms with E-state index < -0.39 is 0 Å². The first-order valence-corrected chi connectivity index (χ1v) is 10.2. The molecule has 1 aliphatic heterocycles. The van der Waals surface area contributed by atoms with Gasteiger partial charge in [0, 0.05) is 24.8 Å². The molecular formula is C23H28N4O3. The molecule has 2 aromatic rings. The number of hydrogen-bond acceptors (Lipinski definition) is 5. The van der Waals surface area contributed by atoms with E-state index in [2.05, 4.69) is 28.5 Å². The normalized spacial score (nSPS) is 17.1. The molecule has 0 radical (unpaired) electrons. The van der Waals surface area contributed by atoms with Gasteiger partial charge in [-0.2, -0.15) is 5.26 Å². The summed E-state index contributed by atoms with van der Waals surface area (Å²) < 4.78 is 11.1. The van der Waals surface area contributed by atoms with Crippen molar-refractivity contribution >= 4 is 11.7 Å². The monoisotopic (exact) mass is 408 g/mol. The predicted molar refractivity (Wildman–Crippen MR) is 116 cm³/mol. The molecule has 30 heavy (non-hydrogen) atoms. The third-order valence-corrected chi connectivity index (χ3v) is 5.23. The Morgan fingerprint density at radius 1 is 1.13 bits per heavy atom. The lowest BCUT2D eigenvalue weighted by molar-refractivity contribution is 0.237. The van der Waals surface area contributed by atoms with Crippen LogP contribution in [0.2, 0.25) is 0 Å². The largest absolute Gasteiger partial charge is 0.497 e. The zero-order chi connectivity index (χ0) is 21.5. The standard InChI is InChI=1S/C23H28N4O3/c1-4-25-23(28)26-12-13-30-17-8-6-16(7-9-17)22-20(15-24)19-11-10-18(29-3)14-21(19)27(22)5-2/h6-11,14,20,22H,4-5,12-13H2,1-3H3,(H2,25,26,28). The summed E-state index contributed by atoms with van der Waals surface area (Å²) in [6.45, 7) is 6.14. The summed E-state index contributed by atoms with van der Waals surface area (Å²) in [5.41, 5.74) is 3.14. The summed E-state index contributed by atoms with van der Waals surface area (Å²) >= 11 is 0. The molecule has 2 unspecified atom stereocenters. The summed E-state index contributed by atoms with van der Waals surface area (Å²) in [4.78, 5) is 13.6. The van der Waals surface area contributed by atoms with Crippen LogP contribution in [-0.2, 0) is 0 Å². The van der Waals surface area contributed by atoms with Crippen LogP contribution in [-0.4, -0.2) is 39.4 Å². The maximum absolute atomic E-state index is 11.4. The summed E-state index contributed by atoms with van der Waals surface area (Å²) in [5.74, 6) is 1.26. The molecule has 7 nitrogen and oxygen atoms in total. The average molecular weight is 409 g/mol. The number of carbonyl (C=O) groups is 1. The molecule has 3 rings (SSSR count). The van der Waals surface area contributed by atoms with Crippen LogP contribution in [0.3, 0.4) is 0 Å². The predicted octanol–water partition coefficient (Wildman–Crippen LogP) is 3.58. The lowest BCUT2D eigenvalue weighted by Gasteiger charge is -2.28. The van der Waals surface area contributed by atoms with Crippen molar-refractivity contribution in [1.82, 2.24) is 10.6 Å². The molecule has 0 spiro atoms. The molecule has 2 N–H and O–H groups in total. The van der Waals surface area contributed by atoms with Crippen molar-refractivity contribution in [1.29, 1.82) is 5.26 Å². The molecule has 2 aromatic carbocycles. The van der Waals surface area contributed by atoms with Crippen LogP contribution in [0.1, 0.15) is 36.9 Å². The minimum atomic E-state index is -0.251. The van der Waals surface area contributed by atoms with Crippen LogP contribution < -0.4 is 25.0 Å².